The van der Waals surface area contributed by atoms with Gasteiger partial charge in [-0.15, -0.1) is 0 Å². The first-order valence-corrected chi connectivity index (χ1v) is 9.85. The Morgan fingerprint density at radius 2 is 2.03 bits per heavy atom. The Morgan fingerprint density at radius 1 is 1.24 bits per heavy atom. The molecule has 2 aromatic rings. The Morgan fingerprint density at radius 3 is 2.76 bits per heavy atom. The monoisotopic (exact) mass is 414 g/mol. The lowest BCUT2D eigenvalue weighted by molar-refractivity contribution is -0.123. The van der Waals surface area contributed by atoms with E-state index in [2.05, 4.69) is 5.32 Å². The Kier molecular flexibility index (Phi) is 5.82. The van der Waals surface area contributed by atoms with Crippen LogP contribution < -0.4 is 14.8 Å². The van der Waals surface area contributed by atoms with E-state index in [9.17, 15) is 4.79 Å². The van der Waals surface area contributed by atoms with Gasteiger partial charge in [-0.2, -0.15) is 0 Å². The molecule has 0 bridgehead atoms. The molecule has 2 aliphatic heterocycles. The second kappa shape index (κ2) is 8.67. The van der Waals surface area contributed by atoms with Crippen molar-refractivity contribution in [2.45, 2.75) is 25.6 Å². The summed E-state index contributed by atoms with van der Waals surface area (Å²) in [4.78, 5) is 14.2. The van der Waals surface area contributed by atoms with Crippen molar-refractivity contribution in [1.82, 2.24) is 10.2 Å². The zero-order valence-corrected chi connectivity index (χ0v) is 16.9. The summed E-state index contributed by atoms with van der Waals surface area (Å²) in [5.74, 6) is 2.51. The van der Waals surface area contributed by atoms with Crippen LogP contribution in [0.25, 0.3) is 6.08 Å². The number of carbonyl (C=O) groups is 1. The number of rotatable bonds is 7. The van der Waals surface area contributed by atoms with Gasteiger partial charge in [0.1, 0.15) is 35.3 Å². The number of thiocarbonyl (C=S) groups is 1. The predicted octanol–water partition coefficient (Wildman–Crippen LogP) is 3.10. The van der Waals surface area contributed by atoms with Crippen molar-refractivity contribution in [2.75, 3.05) is 20.3 Å². The van der Waals surface area contributed by atoms with E-state index in [1.54, 1.807) is 24.2 Å². The Labute approximate surface area is 174 Å². The highest BCUT2D eigenvalue weighted by molar-refractivity contribution is 7.80. The summed E-state index contributed by atoms with van der Waals surface area (Å²) in [5.41, 5.74) is 0.393. The number of carbonyl (C=O) groups excluding carboxylic acids is 1. The standard InChI is InChI=1S/C21H22N2O5S/c1-25-14-4-6-15(7-5-14)27-13-18-9-8-16(28-18)11-19-20(24)23(21(29)22-19)12-17-3-2-10-26-17/h4-9,11,17H,2-3,10,12-13H2,1H3,(H,22,29)/b19-11+. The highest BCUT2D eigenvalue weighted by atomic mass is 32.1. The van der Waals surface area contributed by atoms with E-state index in [1.165, 1.54) is 0 Å². The summed E-state index contributed by atoms with van der Waals surface area (Å²) in [5, 5.41) is 3.36. The van der Waals surface area contributed by atoms with Crippen molar-refractivity contribution < 1.29 is 23.4 Å². The summed E-state index contributed by atoms with van der Waals surface area (Å²) in [6.07, 6.45) is 3.66. The molecule has 2 fully saturated rings. The summed E-state index contributed by atoms with van der Waals surface area (Å²) in [7, 11) is 1.62. The van der Waals surface area contributed by atoms with Crippen LogP contribution in [0, 0.1) is 0 Å². The first-order valence-electron chi connectivity index (χ1n) is 9.44. The molecule has 1 atom stereocenters. The zero-order chi connectivity index (χ0) is 20.2. The average molecular weight is 414 g/mol. The molecule has 152 valence electrons. The van der Waals surface area contributed by atoms with E-state index in [1.807, 2.05) is 30.3 Å². The molecule has 1 aromatic carbocycles. The largest absolute Gasteiger partial charge is 0.497 e. The van der Waals surface area contributed by atoms with Crippen LogP contribution in [-0.4, -0.2) is 42.3 Å². The van der Waals surface area contributed by atoms with Crippen LogP contribution in [0.3, 0.4) is 0 Å². The number of hydrogen-bond acceptors (Lipinski definition) is 6. The van der Waals surface area contributed by atoms with Crippen molar-refractivity contribution in [3.05, 3.63) is 53.6 Å². The lowest BCUT2D eigenvalue weighted by atomic mass is 10.2. The third-order valence-electron chi connectivity index (χ3n) is 4.78. The number of methoxy groups -OCH3 is 1. The summed E-state index contributed by atoms with van der Waals surface area (Å²) in [6.45, 7) is 1.49. The Bertz CT molecular complexity index is 915. The highest BCUT2D eigenvalue weighted by Gasteiger charge is 2.33. The van der Waals surface area contributed by atoms with Crippen molar-refractivity contribution in [1.29, 1.82) is 0 Å². The molecule has 4 rings (SSSR count). The molecule has 7 nitrogen and oxygen atoms in total. The van der Waals surface area contributed by atoms with E-state index in [-0.39, 0.29) is 18.6 Å². The van der Waals surface area contributed by atoms with Gasteiger partial charge in [-0.25, -0.2) is 0 Å². The molecular formula is C21H22N2O5S. The van der Waals surface area contributed by atoms with Gasteiger partial charge in [-0.3, -0.25) is 9.69 Å². The lowest BCUT2D eigenvalue weighted by Crippen LogP contribution is -2.37. The third kappa shape index (κ3) is 4.60. The number of hydrogen-bond donors (Lipinski definition) is 1. The maximum Gasteiger partial charge on any atom is 0.276 e. The van der Waals surface area contributed by atoms with Crippen LogP contribution >= 0.6 is 12.2 Å². The third-order valence-corrected chi connectivity index (χ3v) is 5.10. The SMILES string of the molecule is COc1ccc(OCc2ccc(/C=C3/NC(=S)N(CC4CCCO4)C3=O)o2)cc1. The van der Waals surface area contributed by atoms with E-state index in [0.29, 0.717) is 34.6 Å². The van der Waals surface area contributed by atoms with Crippen molar-refractivity contribution in [2.24, 2.45) is 0 Å². The van der Waals surface area contributed by atoms with Crippen molar-refractivity contribution >= 4 is 29.3 Å². The van der Waals surface area contributed by atoms with Crippen LogP contribution in [0.5, 0.6) is 11.5 Å². The van der Waals surface area contributed by atoms with Gasteiger partial charge in [-0.05, 0) is 61.5 Å². The number of benzene rings is 1. The molecule has 0 saturated carbocycles. The number of nitrogens with zero attached hydrogens (tertiary/aromatic N) is 1. The summed E-state index contributed by atoms with van der Waals surface area (Å²) in [6, 6.07) is 10.9. The van der Waals surface area contributed by atoms with Gasteiger partial charge < -0.3 is 23.9 Å². The van der Waals surface area contributed by atoms with Gasteiger partial charge in [0, 0.05) is 12.7 Å². The molecule has 0 spiro atoms. The minimum atomic E-state index is -0.169. The first kappa shape index (κ1) is 19.5. The molecule has 2 saturated heterocycles. The molecule has 2 aliphatic rings. The van der Waals surface area contributed by atoms with Gasteiger partial charge in [-0.1, -0.05) is 0 Å². The van der Waals surface area contributed by atoms with Crippen LogP contribution in [0.1, 0.15) is 24.4 Å². The van der Waals surface area contributed by atoms with Crippen LogP contribution in [0.2, 0.25) is 0 Å². The maximum atomic E-state index is 12.7. The Hall–Kier alpha value is -2.84. The number of nitrogens with one attached hydrogen (secondary N) is 1. The normalized spacial score (nSPS) is 20.4. The number of amides is 1. The number of ether oxygens (including phenoxy) is 3. The molecule has 3 heterocycles. The second-order valence-electron chi connectivity index (χ2n) is 6.81. The van der Waals surface area contributed by atoms with Gasteiger partial charge >= 0.3 is 0 Å². The molecule has 0 aliphatic carbocycles. The molecule has 1 aromatic heterocycles. The zero-order valence-electron chi connectivity index (χ0n) is 16.1. The fourth-order valence-corrected chi connectivity index (χ4v) is 3.52. The molecule has 8 heteroatoms. The van der Waals surface area contributed by atoms with Crippen LogP contribution in [0.4, 0.5) is 0 Å². The molecular weight excluding hydrogens is 392 g/mol. The highest BCUT2D eigenvalue weighted by Crippen LogP contribution is 2.21. The average Bonchev–Trinajstić information content (AvgIpc) is 3.46. The Balaban J connectivity index is 1.36. The predicted molar refractivity (Wildman–Crippen MR) is 110 cm³/mol. The van der Waals surface area contributed by atoms with Crippen LogP contribution in [0.15, 0.2) is 46.5 Å². The molecule has 29 heavy (non-hydrogen) atoms. The van der Waals surface area contributed by atoms with E-state index >= 15 is 0 Å². The second-order valence-corrected chi connectivity index (χ2v) is 7.19. The quantitative estimate of drug-likeness (QED) is 0.551. The minimum Gasteiger partial charge on any atom is -0.497 e. The molecule has 0 radical (unpaired) electrons. The van der Waals surface area contributed by atoms with Gasteiger partial charge in [0.05, 0.1) is 19.8 Å². The van der Waals surface area contributed by atoms with E-state index in [4.69, 9.17) is 30.8 Å². The number of furan rings is 1. The van der Waals surface area contributed by atoms with Gasteiger partial charge in [0.2, 0.25) is 0 Å². The first-order chi connectivity index (χ1) is 14.1. The fraction of sp³-hybridized carbons (Fsp3) is 0.333. The molecule has 1 amide bonds. The van der Waals surface area contributed by atoms with Crippen molar-refractivity contribution in [3.8, 4) is 11.5 Å². The smallest absolute Gasteiger partial charge is 0.276 e. The minimum absolute atomic E-state index is 0.0448. The lowest BCUT2D eigenvalue weighted by Gasteiger charge is -2.18. The van der Waals surface area contributed by atoms with Gasteiger partial charge in [0.25, 0.3) is 5.91 Å². The molecule has 1 N–H and O–H groups in total. The van der Waals surface area contributed by atoms with Crippen LogP contribution in [-0.2, 0) is 16.1 Å². The summed E-state index contributed by atoms with van der Waals surface area (Å²) < 4.78 is 22.2. The maximum absolute atomic E-state index is 12.7. The summed E-state index contributed by atoms with van der Waals surface area (Å²) >= 11 is 5.30. The van der Waals surface area contributed by atoms with E-state index in [0.717, 1.165) is 25.2 Å². The fourth-order valence-electron chi connectivity index (χ4n) is 3.25. The van der Waals surface area contributed by atoms with E-state index < -0.39 is 0 Å². The van der Waals surface area contributed by atoms with Crippen molar-refractivity contribution in [3.63, 3.8) is 0 Å². The molecule has 1 unspecified atom stereocenters. The topological polar surface area (TPSA) is 73.2 Å². The van der Waals surface area contributed by atoms with Gasteiger partial charge in [0.15, 0.2) is 5.11 Å².